The zero-order valence-electron chi connectivity index (χ0n) is 10.6. The predicted molar refractivity (Wildman–Crippen MR) is 69.1 cm³/mol. The van der Waals surface area contributed by atoms with E-state index in [4.69, 9.17) is 4.74 Å². The maximum Gasteiger partial charge on any atom is 0.411 e. The molecule has 0 heterocycles. The summed E-state index contributed by atoms with van der Waals surface area (Å²) < 4.78 is 9.80. The number of amides is 2. The van der Waals surface area contributed by atoms with Gasteiger partial charge in [-0.2, -0.15) is 0 Å². The molecule has 1 fully saturated rings. The third-order valence-corrected chi connectivity index (χ3v) is 2.60. The van der Waals surface area contributed by atoms with Crippen molar-refractivity contribution in [1.29, 1.82) is 0 Å². The van der Waals surface area contributed by atoms with E-state index < -0.39 is 6.09 Å². The highest BCUT2D eigenvalue weighted by Gasteiger charge is 2.23. The van der Waals surface area contributed by atoms with Gasteiger partial charge in [0.1, 0.15) is 5.75 Å². The van der Waals surface area contributed by atoms with E-state index in [1.807, 2.05) is 0 Å². The molecule has 1 saturated carbocycles. The maximum absolute atomic E-state index is 11.4. The van der Waals surface area contributed by atoms with Crippen LogP contribution in [-0.4, -0.2) is 31.8 Å². The van der Waals surface area contributed by atoms with Crippen LogP contribution in [0.5, 0.6) is 5.75 Å². The molecule has 0 saturated heterocycles. The Kier molecular flexibility index (Phi) is 4.22. The van der Waals surface area contributed by atoms with Gasteiger partial charge in [0.25, 0.3) is 5.91 Å². The highest BCUT2D eigenvalue weighted by molar-refractivity contribution is 5.84. The van der Waals surface area contributed by atoms with E-state index in [1.54, 1.807) is 24.3 Å². The fourth-order valence-corrected chi connectivity index (χ4v) is 1.45. The number of anilines is 1. The number of methoxy groups -OCH3 is 1. The van der Waals surface area contributed by atoms with Crippen molar-refractivity contribution in [3.05, 3.63) is 24.3 Å². The molecule has 0 aliphatic heterocycles. The summed E-state index contributed by atoms with van der Waals surface area (Å²) in [7, 11) is 1.30. The van der Waals surface area contributed by atoms with E-state index in [1.165, 1.54) is 7.11 Å². The van der Waals surface area contributed by atoms with Gasteiger partial charge in [-0.15, -0.1) is 0 Å². The first kappa shape index (κ1) is 13.2. The SMILES string of the molecule is COC(=O)Nc1ccc(OCC(=O)NC2CC2)cc1. The molecule has 0 aromatic heterocycles. The Morgan fingerprint density at radius 2 is 1.95 bits per heavy atom. The van der Waals surface area contributed by atoms with Crippen LogP contribution in [0.15, 0.2) is 24.3 Å². The fraction of sp³-hybridized carbons (Fsp3) is 0.385. The summed E-state index contributed by atoms with van der Waals surface area (Å²) in [4.78, 5) is 22.4. The van der Waals surface area contributed by atoms with E-state index in [9.17, 15) is 9.59 Å². The summed E-state index contributed by atoms with van der Waals surface area (Å²) in [5.41, 5.74) is 0.599. The van der Waals surface area contributed by atoms with Crippen LogP contribution in [0.25, 0.3) is 0 Å². The monoisotopic (exact) mass is 264 g/mol. The third kappa shape index (κ3) is 4.50. The van der Waals surface area contributed by atoms with Gasteiger partial charge in [0.05, 0.1) is 7.11 Å². The van der Waals surface area contributed by atoms with Crippen LogP contribution in [0.4, 0.5) is 10.5 Å². The lowest BCUT2D eigenvalue weighted by Gasteiger charge is -2.08. The van der Waals surface area contributed by atoms with E-state index in [0.717, 1.165) is 12.8 Å². The third-order valence-electron chi connectivity index (χ3n) is 2.60. The van der Waals surface area contributed by atoms with Crippen molar-refractivity contribution in [2.45, 2.75) is 18.9 Å². The van der Waals surface area contributed by atoms with Crippen LogP contribution in [-0.2, 0) is 9.53 Å². The second-order valence-corrected chi connectivity index (χ2v) is 4.27. The van der Waals surface area contributed by atoms with Gasteiger partial charge in [-0.1, -0.05) is 0 Å². The van der Waals surface area contributed by atoms with Crippen LogP contribution in [0.2, 0.25) is 0 Å². The molecule has 0 radical (unpaired) electrons. The van der Waals surface area contributed by atoms with Gasteiger partial charge >= 0.3 is 6.09 Å². The number of nitrogens with one attached hydrogen (secondary N) is 2. The Bertz CT molecular complexity index is 454. The van der Waals surface area contributed by atoms with Crippen LogP contribution in [0.3, 0.4) is 0 Å². The van der Waals surface area contributed by atoms with E-state index in [2.05, 4.69) is 15.4 Å². The Hall–Kier alpha value is -2.24. The number of carbonyl (C=O) groups is 2. The lowest BCUT2D eigenvalue weighted by atomic mass is 10.3. The van der Waals surface area contributed by atoms with Crippen molar-refractivity contribution in [3.63, 3.8) is 0 Å². The molecule has 1 aliphatic rings. The predicted octanol–water partition coefficient (Wildman–Crippen LogP) is 1.52. The minimum absolute atomic E-state index is 0.000275. The number of ether oxygens (including phenoxy) is 2. The number of hydrogen-bond acceptors (Lipinski definition) is 4. The average molecular weight is 264 g/mol. The molecule has 2 amide bonds. The van der Waals surface area contributed by atoms with Crippen molar-refractivity contribution < 1.29 is 19.1 Å². The van der Waals surface area contributed by atoms with Crippen molar-refractivity contribution >= 4 is 17.7 Å². The molecule has 2 rings (SSSR count). The van der Waals surface area contributed by atoms with Crippen LogP contribution < -0.4 is 15.4 Å². The normalized spacial score (nSPS) is 13.5. The van der Waals surface area contributed by atoms with E-state index >= 15 is 0 Å². The highest BCUT2D eigenvalue weighted by atomic mass is 16.5. The second kappa shape index (κ2) is 6.08. The lowest BCUT2D eigenvalue weighted by Crippen LogP contribution is -2.30. The Morgan fingerprint density at radius 3 is 2.53 bits per heavy atom. The number of benzene rings is 1. The Labute approximate surface area is 111 Å². The molecule has 2 N–H and O–H groups in total. The quantitative estimate of drug-likeness (QED) is 0.845. The zero-order chi connectivity index (χ0) is 13.7. The van der Waals surface area contributed by atoms with Crippen LogP contribution in [0.1, 0.15) is 12.8 Å². The van der Waals surface area contributed by atoms with Gasteiger partial charge in [0.15, 0.2) is 6.61 Å². The van der Waals surface area contributed by atoms with Gasteiger partial charge in [0.2, 0.25) is 0 Å². The smallest absolute Gasteiger partial charge is 0.411 e. The fourth-order valence-electron chi connectivity index (χ4n) is 1.45. The molecule has 6 nitrogen and oxygen atoms in total. The Balaban J connectivity index is 1.77. The molecule has 1 aromatic carbocycles. The summed E-state index contributed by atoms with van der Waals surface area (Å²) in [6.07, 6.45) is 1.58. The highest BCUT2D eigenvalue weighted by Crippen LogP contribution is 2.19. The molecule has 6 heteroatoms. The molecule has 0 spiro atoms. The van der Waals surface area contributed by atoms with Crippen LogP contribution >= 0.6 is 0 Å². The van der Waals surface area contributed by atoms with Gasteiger partial charge in [-0.25, -0.2) is 4.79 Å². The largest absolute Gasteiger partial charge is 0.484 e. The Morgan fingerprint density at radius 1 is 1.26 bits per heavy atom. The first-order valence-corrected chi connectivity index (χ1v) is 6.04. The van der Waals surface area contributed by atoms with Crippen molar-refractivity contribution in [3.8, 4) is 5.75 Å². The van der Waals surface area contributed by atoms with Crippen molar-refractivity contribution in [2.24, 2.45) is 0 Å². The number of hydrogen-bond donors (Lipinski definition) is 2. The summed E-state index contributed by atoms with van der Waals surface area (Å²) >= 11 is 0. The van der Waals surface area contributed by atoms with E-state index in [-0.39, 0.29) is 12.5 Å². The average Bonchev–Trinajstić information content (AvgIpc) is 3.21. The summed E-state index contributed by atoms with van der Waals surface area (Å²) in [6.45, 7) is 0.000275. The second-order valence-electron chi connectivity index (χ2n) is 4.27. The summed E-state index contributed by atoms with van der Waals surface area (Å²) in [5, 5.41) is 5.35. The molecule has 102 valence electrons. The van der Waals surface area contributed by atoms with E-state index in [0.29, 0.717) is 17.5 Å². The standard InChI is InChI=1S/C13H16N2O4/c1-18-13(17)15-10-4-6-11(7-5-10)19-8-12(16)14-9-2-3-9/h4-7,9H,2-3,8H2,1H3,(H,14,16)(H,15,17). The molecule has 0 atom stereocenters. The molecule has 1 aliphatic carbocycles. The minimum atomic E-state index is -0.530. The van der Waals surface area contributed by atoms with Crippen molar-refractivity contribution in [2.75, 3.05) is 19.0 Å². The first-order chi connectivity index (χ1) is 9.17. The topological polar surface area (TPSA) is 76.7 Å². The molecular formula is C13H16N2O4. The van der Waals surface area contributed by atoms with Crippen molar-refractivity contribution in [1.82, 2.24) is 5.32 Å². The maximum atomic E-state index is 11.4. The summed E-state index contributed by atoms with van der Waals surface area (Å²) in [6, 6.07) is 7.03. The molecular weight excluding hydrogens is 248 g/mol. The molecule has 0 bridgehead atoms. The van der Waals surface area contributed by atoms with Crippen LogP contribution in [0, 0.1) is 0 Å². The number of rotatable bonds is 5. The first-order valence-electron chi connectivity index (χ1n) is 6.04. The number of carbonyl (C=O) groups excluding carboxylic acids is 2. The molecule has 0 unspecified atom stereocenters. The zero-order valence-corrected chi connectivity index (χ0v) is 10.6. The van der Waals surface area contributed by atoms with Gasteiger partial charge in [-0.3, -0.25) is 10.1 Å². The molecule has 19 heavy (non-hydrogen) atoms. The lowest BCUT2D eigenvalue weighted by molar-refractivity contribution is -0.123. The van der Waals surface area contributed by atoms with Gasteiger partial charge < -0.3 is 14.8 Å². The minimum Gasteiger partial charge on any atom is -0.484 e. The van der Waals surface area contributed by atoms with Gasteiger partial charge in [0, 0.05) is 11.7 Å². The van der Waals surface area contributed by atoms with Gasteiger partial charge in [-0.05, 0) is 37.1 Å². The molecule has 1 aromatic rings. The summed E-state index contributed by atoms with van der Waals surface area (Å²) in [5.74, 6) is 0.459.